The Morgan fingerprint density at radius 1 is 1.00 bits per heavy atom. The molecule has 190 valence electrons. The molecule has 3 heterocycles. The summed E-state index contributed by atoms with van der Waals surface area (Å²) in [5, 5.41) is 14.8. The standard InChI is InChI=1S/C30H21FN6O2/c1-2-3-18-4-8-21(9-5-18)35-29-24-14-19(6-11-25(24)32-17-33-29)27-13-10-22(39-27)16-34-37-28-23-15-20(31)7-12-26(23)36-30(28)38/h2-17H,1H3,(H,32,33,35)(H,36,37,38)/b3-2+,34-16+. The van der Waals surface area contributed by atoms with Gasteiger partial charge in [0.1, 0.15) is 29.5 Å². The summed E-state index contributed by atoms with van der Waals surface area (Å²) < 4.78 is 19.6. The minimum atomic E-state index is -0.459. The Morgan fingerprint density at radius 3 is 2.72 bits per heavy atom. The highest BCUT2D eigenvalue weighted by molar-refractivity contribution is 6.53. The largest absolute Gasteiger partial charge is 0.455 e. The first-order valence-electron chi connectivity index (χ1n) is 12.1. The molecule has 5 aromatic rings. The normalized spacial score (nSPS) is 14.0. The number of amides is 1. The molecule has 1 aliphatic heterocycles. The number of anilines is 3. The van der Waals surface area contributed by atoms with Gasteiger partial charge in [0, 0.05) is 22.2 Å². The summed E-state index contributed by atoms with van der Waals surface area (Å²) >= 11 is 0. The molecular weight excluding hydrogens is 495 g/mol. The summed E-state index contributed by atoms with van der Waals surface area (Å²) in [5.41, 5.74) is 4.55. The number of rotatable bonds is 6. The summed E-state index contributed by atoms with van der Waals surface area (Å²) in [6.07, 6.45) is 6.96. The predicted molar refractivity (Wildman–Crippen MR) is 151 cm³/mol. The molecule has 0 saturated heterocycles. The van der Waals surface area contributed by atoms with Crippen LogP contribution >= 0.6 is 0 Å². The van der Waals surface area contributed by atoms with E-state index in [0.717, 1.165) is 27.7 Å². The third kappa shape index (κ3) is 4.93. The second-order valence-electron chi connectivity index (χ2n) is 8.74. The average Bonchev–Trinajstić information content (AvgIpc) is 3.54. The van der Waals surface area contributed by atoms with E-state index in [9.17, 15) is 9.18 Å². The molecule has 8 nitrogen and oxygen atoms in total. The van der Waals surface area contributed by atoms with Crippen molar-refractivity contribution in [2.24, 2.45) is 10.2 Å². The van der Waals surface area contributed by atoms with E-state index in [4.69, 9.17) is 4.42 Å². The average molecular weight is 517 g/mol. The second-order valence-corrected chi connectivity index (χ2v) is 8.74. The van der Waals surface area contributed by atoms with Crippen molar-refractivity contribution >= 4 is 52.0 Å². The Bertz CT molecular complexity index is 1800. The topological polar surface area (TPSA) is 105 Å². The van der Waals surface area contributed by atoms with E-state index in [1.807, 2.05) is 67.6 Å². The molecule has 0 radical (unpaired) electrons. The number of nitrogens with zero attached hydrogens (tertiary/aromatic N) is 4. The van der Waals surface area contributed by atoms with Crippen LogP contribution in [0.25, 0.3) is 28.3 Å². The van der Waals surface area contributed by atoms with Gasteiger partial charge in [-0.05, 0) is 73.2 Å². The summed E-state index contributed by atoms with van der Waals surface area (Å²) in [5.74, 6) is 0.832. The summed E-state index contributed by atoms with van der Waals surface area (Å²) in [7, 11) is 0. The fraction of sp³-hybridized carbons (Fsp3) is 0.0333. The molecule has 0 spiro atoms. The highest BCUT2D eigenvalue weighted by Crippen LogP contribution is 2.30. The van der Waals surface area contributed by atoms with Crippen LogP contribution in [0.4, 0.5) is 21.6 Å². The Labute approximate surface area is 222 Å². The lowest BCUT2D eigenvalue weighted by atomic mass is 10.1. The van der Waals surface area contributed by atoms with Crippen molar-refractivity contribution in [2.75, 3.05) is 10.6 Å². The van der Waals surface area contributed by atoms with Crippen molar-refractivity contribution in [1.82, 2.24) is 9.97 Å². The van der Waals surface area contributed by atoms with E-state index in [1.54, 1.807) is 6.07 Å². The molecule has 2 N–H and O–H groups in total. The maximum Gasteiger partial charge on any atom is 0.276 e. The van der Waals surface area contributed by atoms with Crippen LogP contribution in [0.5, 0.6) is 0 Å². The Hall–Kier alpha value is -5.44. The number of furan rings is 1. The first-order chi connectivity index (χ1) is 19.1. The zero-order chi connectivity index (χ0) is 26.8. The lowest BCUT2D eigenvalue weighted by Gasteiger charge is -2.09. The molecule has 1 aliphatic rings. The fourth-order valence-corrected chi connectivity index (χ4v) is 4.26. The van der Waals surface area contributed by atoms with E-state index in [1.165, 1.54) is 30.7 Å². The second kappa shape index (κ2) is 10.1. The highest BCUT2D eigenvalue weighted by Gasteiger charge is 2.26. The van der Waals surface area contributed by atoms with Crippen molar-refractivity contribution in [2.45, 2.75) is 6.92 Å². The third-order valence-corrected chi connectivity index (χ3v) is 6.12. The number of carbonyl (C=O) groups excluding carboxylic acids is 1. The van der Waals surface area contributed by atoms with Gasteiger partial charge in [-0.2, -0.15) is 5.10 Å². The maximum atomic E-state index is 13.6. The minimum absolute atomic E-state index is 0.0403. The number of nitrogens with one attached hydrogen (secondary N) is 2. The van der Waals surface area contributed by atoms with E-state index in [2.05, 4.69) is 30.8 Å². The van der Waals surface area contributed by atoms with Gasteiger partial charge in [-0.1, -0.05) is 24.3 Å². The summed E-state index contributed by atoms with van der Waals surface area (Å²) in [4.78, 5) is 21.0. The zero-order valence-electron chi connectivity index (χ0n) is 20.7. The van der Waals surface area contributed by atoms with Crippen LogP contribution in [0, 0.1) is 5.82 Å². The van der Waals surface area contributed by atoms with Gasteiger partial charge < -0.3 is 15.1 Å². The van der Waals surface area contributed by atoms with Crippen LogP contribution < -0.4 is 10.6 Å². The van der Waals surface area contributed by atoms with E-state index >= 15 is 0 Å². The number of fused-ring (bicyclic) bond motifs is 2. The highest BCUT2D eigenvalue weighted by atomic mass is 19.1. The third-order valence-electron chi connectivity index (χ3n) is 6.12. The Morgan fingerprint density at radius 2 is 1.87 bits per heavy atom. The summed E-state index contributed by atoms with van der Waals surface area (Å²) in [6.45, 7) is 1.98. The van der Waals surface area contributed by atoms with Crippen LogP contribution in [0.2, 0.25) is 0 Å². The predicted octanol–water partition coefficient (Wildman–Crippen LogP) is 6.58. The molecule has 0 unspecified atom stereocenters. The number of hydrogen-bond acceptors (Lipinski definition) is 7. The van der Waals surface area contributed by atoms with Gasteiger partial charge in [0.15, 0.2) is 5.71 Å². The van der Waals surface area contributed by atoms with Crippen molar-refractivity contribution in [1.29, 1.82) is 0 Å². The molecule has 2 aromatic heterocycles. The van der Waals surface area contributed by atoms with Crippen molar-refractivity contribution in [3.8, 4) is 11.3 Å². The van der Waals surface area contributed by atoms with E-state index in [0.29, 0.717) is 28.6 Å². The fourth-order valence-electron chi connectivity index (χ4n) is 4.26. The van der Waals surface area contributed by atoms with Crippen LogP contribution in [-0.4, -0.2) is 27.8 Å². The van der Waals surface area contributed by atoms with E-state index in [-0.39, 0.29) is 5.71 Å². The van der Waals surface area contributed by atoms with Crippen LogP contribution in [0.1, 0.15) is 23.8 Å². The van der Waals surface area contributed by atoms with E-state index < -0.39 is 11.7 Å². The molecule has 9 heteroatoms. The number of carbonyl (C=O) groups is 1. The molecule has 0 aliphatic carbocycles. The Kier molecular flexibility index (Phi) is 6.22. The maximum absolute atomic E-state index is 13.6. The quantitative estimate of drug-likeness (QED) is 0.196. The molecule has 0 saturated carbocycles. The molecule has 1 amide bonds. The number of aromatic nitrogens is 2. The zero-order valence-corrected chi connectivity index (χ0v) is 20.7. The van der Waals surface area contributed by atoms with Gasteiger partial charge in [0.25, 0.3) is 5.91 Å². The molecule has 0 bridgehead atoms. The lowest BCUT2D eigenvalue weighted by Crippen LogP contribution is -2.13. The summed E-state index contributed by atoms with van der Waals surface area (Å²) in [6, 6.07) is 21.4. The number of benzene rings is 3. The van der Waals surface area contributed by atoms with Gasteiger partial charge in [-0.3, -0.25) is 4.79 Å². The monoisotopic (exact) mass is 516 g/mol. The molecular formula is C30H21FN6O2. The van der Waals surface area contributed by atoms with Gasteiger partial charge in [-0.25, -0.2) is 14.4 Å². The molecule has 6 rings (SSSR count). The van der Waals surface area contributed by atoms with Gasteiger partial charge in [0.05, 0.1) is 17.4 Å². The molecule has 0 fully saturated rings. The Balaban J connectivity index is 1.24. The van der Waals surface area contributed by atoms with Crippen molar-refractivity contribution < 1.29 is 13.6 Å². The number of hydrogen-bond donors (Lipinski definition) is 2. The number of allylic oxidation sites excluding steroid dienone is 1. The first-order valence-corrected chi connectivity index (χ1v) is 12.1. The number of halogens is 1. The molecule has 39 heavy (non-hydrogen) atoms. The van der Waals surface area contributed by atoms with Gasteiger partial charge in [0.2, 0.25) is 0 Å². The minimum Gasteiger partial charge on any atom is -0.455 e. The van der Waals surface area contributed by atoms with Crippen molar-refractivity contribution in [3.05, 3.63) is 108 Å². The van der Waals surface area contributed by atoms with Crippen LogP contribution in [0.15, 0.2) is 99.8 Å². The molecule has 3 aromatic carbocycles. The lowest BCUT2D eigenvalue weighted by molar-refractivity contribution is -0.110. The first kappa shape index (κ1) is 23.9. The van der Waals surface area contributed by atoms with Gasteiger partial charge in [-0.15, -0.1) is 5.10 Å². The van der Waals surface area contributed by atoms with Crippen LogP contribution in [0.3, 0.4) is 0 Å². The van der Waals surface area contributed by atoms with Crippen LogP contribution in [-0.2, 0) is 4.79 Å². The smallest absolute Gasteiger partial charge is 0.276 e. The van der Waals surface area contributed by atoms with Crippen molar-refractivity contribution in [3.63, 3.8) is 0 Å². The van der Waals surface area contributed by atoms with Gasteiger partial charge >= 0.3 is 0 Å². The SMILES string of the molecule is C/C=C/c1ccc(Nc2ncnc3ccc(-c4ccc(/C=N/N=C5/C(=O)Nc6ccc(F)cc65)o4)cc23)cc1. The molecule has 0 atom stereocenters.